The molecule has 0 bridgehead atoms. The van der Waals surface area contributed by atoms with Crippen molar-refractivity contribution < 1.29 is 15.3 Å². The summed E-state index contributed by atoms with van der Waals surface area (Å²) in [5.41, 5.74) is 0. The molecule has 134 valence electrons. The van der Waals surface area contributed by atoms with E-state index in [2.05, 4.69) is 6.92 Å². The molecule has 0 saturated carbocycles. The molecule has 2 unspecified atom stereocenters. The number of hydrogen-bond donors (Lipinski definition) is 3. The van der Waals surface area contributed by atoms with Crippen molar-refractivity contribution in [2.75, 3.05) is 6.61 Å². The Hall–Kier alpha value is -0.120. The van der Waals surface area contributed by atoms with Crippen LogP contribution in [0.4, 0.5) is 0 Å². The first-order chi connectivity index (χ1) is 10.7. The van der Waals surface area contributed by atoms with Gasteiger partial charge in [0.2, 0.25) is 0 Å². The van der Waals surface area contributed by atoms with E-state index >= 15 is 0 Å². The zero-order valence-corrected chi connectivity index (χ0v) is 14.8. The fourth-order valence-electron chi connectivity index (χ4n) is 2.87. The van der Waals surface area contributed by atoms with Crippen LogP contribution < -0.4 is 0 Å². The summed E-state index contributed by atoms with van der Waals surface area (Å²) in [5, 5.41) is 28.0. The maximum atomic E-state index is 9.84. The number of aliphatic hydroxyl groups excluding tert-OH is 3. The minimum Gasteiger partial charge on any atom is -0.396 e. The van der Waals surface area contributed by atoms with E-state index in [1.54, 1.807) is 0 Å². The quantitative estimate of drug-likeness (QED) is 0.344. The van der Waals surface area contributed by atoms with Crippen molar-refractivity contribution in [3.05, 3.63) is 0 Å². The van der Waals surface area contributed by atoms with E-state index in [0.29, 0.717) is 19.3 Å². The van der Waals surface area contributed by atoms with Gasteiger partial charge in [0.1, 0.15) is 0 Å². The van der Waals surface area contributed by atoms with Gasteiger partial charge in [-0.25, -0.2) is 0 Å². The molecule has 0 aromatic heterocycles. The fraction of sp³-hybridized carbons (Fsp3) is 1.00. The third-order valence-corrected chi connectivity index (χ3v) is 4.44. The maximum absolute atomic E-state index is 9.84. The monoisotopic (exact) mass is 316 g/mol. The van der Waals surface area contributed by atoms with Gasteiger partial charge < -0.3 is 15.3 Å². The van der Waals surface area contributed by atoms with Crippen LogP contribution in [-0.4, -0.2) is 34.1 Å². The Balaban J connectivity index is 3.18. The second kappa shape index (κ2) is 17.2. The molecular weight excluding hydrogens is 276 g/mol. The van der Waals surface area contributed by atoms with E-state index < -0.39 is 6.10 Å². The molecule has 0 spiro atoms. The van der Waals surface area contributed by atoms with Crippen LogP contribution in [0.2, 0.25) is 0 Å². The van der Waals surface area contributed by atoms with E-state index in [1.807, 2.05) is 0 Å². The summed E-state index contributed by atoms with van der Waals surface area (Å²) < 4.78 is 0. The molecule has 3 N–H and O–H groups in total. The largest absolute Gasteiger partial charge is 0.396 e. The van der Waals surface area contributed by atoms with Crippen molar-refractivity contribution in [3.8, 4) is 0 Å². The molecule has 0 saturated heterocycles. The first kappa shape index (κ1) is 21.9. The summed E-state index contributed by atoms with van der Waals surface area (Å²) in [6.45, 7) is 2.28. The minimum absolute atomic E-state index is 0.0237. The number of rotatable bonds is 17. The average Bonchev–Trinajstić information content (AvgIpc) is 2.51. The van der Waals surface area contributed by atoms with Crippen LogP contribution in [0.15, 0.2) is 0 Å². The van der Waals surface area contributed by atoms with Crippen LogP contribution in [0.5, 0.6) is 0 Å². The van der Waals surface area contributed by atoms with Crippen LogP contribution >= 0.6 is 0 Å². The van der Waals surface area contributed by atoms with E-state index in [1.165, 1.54) is 64.2 Å². The summed E-state index contributed by atoms with van der Waals surface area (Å²) >= 11 is 0. The van der Waals surface area contributed by atoms with E-state index in [0.717, 1.165) is 12.8 Å². The van der Waals surface area contributed by atoms with Crippen molar-refractivity contribution in [3.63, 3.8) is 0 Å². The van der Waals surface area contributed by atoms with Crippen LogP contribution in [0.1, 0.15) is 103 Å². The topological polar surface area (TPSA) is 60.7 Å². The molecule has 0 amide bonds. The van der Waals surface area contributed by atoms with Crippen LogP contribution in [0, 0.1) is 0 Å². The molecule has 0 aromatic carbocycles. The molecule has 0 aliphatic carbocycles. The average molecular weight is 317 g/mol. The summed E-state index contributed by atoms with van der Waals surface area (Å²) in [5.74, 6) is 0. The zero-order valence-electron chi connectivity index (χ0n) is 14.8. The first-order valence-electron chi connectivity index (χ1n) is 9.67. The van der Waals surface area contributed by atoms with Crippen molar-refractivity contribution in [1.82, 2.24) is 0 Å². The van der Waals surface area contributed by atoms with Crippen molar-refractivity contribution in [1.29, 1.82) is 0 Å². The Bertz CT molecular complexity index is 209. The van der Waals surface area contributed by atoms with Gasteiger partial charge in [-0.3, -0.25) is 0 Å². The Morgan fingerprint density at radius 2 is 0.955 bits per heavy atom. The fourth-order valence-corrected chi connectivity index (χ4v) is 2.87. The standard InChI is InChI=1S/C19H40O3/c1-2-3-4-5-6-7-8-9-10-11-12-13-18(21)14-15-19(22)16-17-20/h18-22H,2-17H2,1H3. The number of unbranched alkanes of at least 4 members (excludes halogenated alkanes) is 10. The summed E-state index contributed by atoms with van der Waals surface area (Å²) in [6.07, 6.45) is 16.4. The van der Waals surface area contributed by atoms with E-state index in [9.17, 15) is 10.2 Å². The van der Waals surface area contributed by atoms with E-state index in [4.69, 9.17) is 5.11 Å². The molecule has 22 heavy (non-hydrogen) atoms. The SMILES string of the molecule is CCCCCCCCCCCCCC(O)CCC(O)CCO. The molecule has 0 aromatic rings. The van der Waals surface area contributed by atoms with Gasteiger partial charge in [-0.05, 0) is 25.7 Å². The Morgan fingerprint density at radius 3 is 1.41 bits per heavy atom. The zero-order chi connectivity index (χ0) is 16.5. The summed E-state index contributed by atoms with van der Waals surface area (Å²) in [6, 6.07) is 0. The van der Waals surface area contributed by atoms with Crippen molar-refractivity contribution in [2.45, 2.75) is 115 Å². The molecule has 0 heterocycles. The van der Waals surface area contributed by atoms with Gasteiger partial charge in [-0.2, -0.15) is 0 Å². The molecule has 3 heteroatoms. The molecule has 0 rings (SSSR count). The molecule has 0 aliphatic heterocycles. The van der Waals surface area contributed by atoms with Gasteiger partial charge in [0.05, 0.1) is 12.2 Å². The first-order valence-corrected chi connectivity index (χ1v) is 9.67. The second-order valence-electron chi connectivity index (χ2n) is 6.72. The lowest BCUT2D eigenvalue weighted by Crippen LogP contribution is -2.14. The molecule has 0 fully saturated rings. The lowest BCUT2D eigenvalue weighted by Gasteiger charge is -2.13. The molecule has 0 aliphatic rings. The van der Waals surface area contributed by atoms with Gasteiger partial charge in [-0.15, -0.1) is 0 Å². The Morgan fingerprint density at radius 1 is 0.545 bits per heavy atom. The highest BCUT2D eigenvalue weighted by Gasteiger charge is 2.08. The van der Waals surface area contributed by atoms with Gasteiger partial charge >= 0.3 is 0 Å². The summed E-state index contributed by atoms with van der Waals surface area (Å²) in [4.78, 5) is 0. The van der Waals surface area contributed by atoms with Crippen LogP contribution in [0.25, 0.3) is 0 Å². The minimum atomic E-state index is -0.461. The predicted octanol–water partition coefficient (Wildman–Crippen LogP) is 4.57. The molecule has 2 atom stereocenters. The Labute approximate surface area is 138 Å². The van der Waals surface area contributed by atoms with Crippen LogP contribution in [-0.2, 0) is 0 Å². The third-order valence-electron chi connectivity index (χ3n) is 4.44. The second-order valence-corrected chi connectivity index (χ2v) is 6.72. The number of aliphatic hydroxyl groups is 3. The smallest absolute Gasteiger partial charge is 0.0563 e. The molecule has 0 radical (unpaired) electrons. The van der Waals surface area contributed by atoms with E-state index in [-0.39, 0.29) is 12.7 Å². The Kier molecular flexibility index (Phi) is 17.1. The normalized spacial score (nSPS) is 14.2. The lowest BCUT2D eigenvalue weighted by molar-refractivity contribution is 0.0900. The predicted molar refractivity (Wildman–Crippen MR) is 94.0 cm³/mol. The van der Waals surface area contributed by atoms with Gasteiger partial charge in [-0.1, -0.05) is 77.6 Å². The third kappa shape index (κ3) is 16.3. The van der Waals surface area contributed by atoms with Gasteiger partial charge in [0, 0.05) is 6.61 Å². The van der Waals surface area contributed by atoms with Crippen molar-refractivity contribution in [2.24, 2.45) is 0 Å². The maximum Gasteiger partial charge on any atom is 0.0563 e. The van der Waals surface area contributed by atoms with Crippen molar-refractivity contribution >= 4 is 0 Å². The van der Waals surface area contributed by atoms with Crippen LogP contribution in [0.3, 0.4) is 0 Å². The molecule has 3 nitrogen and oxygen atoms in total. The molecular formula is C19H40O3. The highest BCUT2D eigenvalue weighted by Crippen LogP contribution is 2.14. The van der Waals surface area contributed by atoms with Gasteiger partial charge in [0.15, 0.2) is 0 Å². The highest BCUT2D eigenvalue weighted by atomic mass is 16.3. The summed E-state index contributed by atoms with van der Waals surface area (Å²) in [7, 11) is 0. The number of hydrogen-bond acceptors (Lipinski definition) is 3. The highest BCUT2D eigenvalue weighted by molar-refractivity contribution is 4.62. The lowest BCUT2D eigenvalue weighted by atomic mass is 10.0. The van der Waals surface area contributed by atoms with Gasteiger partial charge in [0.25, 0.3) is 0 Å².